The Balaban J connectivity index is 2.40. The second-order valence-electron chi connectivity index (χ2n) is 4.69. The van der Waals surface area contributed by atoms with Crippen LogP contribution in [0.1, 0.15) is 19.8 Å². The first-order valence-electron chi connectivity index (χ1n) is 6.32. The molecule has 1 heterocycles. The van der Waals surface area contributed by atoms with Gasteiger partial charge >= 0.3 is 0 Å². The molecule has 1 saturated heterocycles. The molecule has 0 aliphatic carbocycles. The molecule has 1 aliphatic rings. The number of hydrogen-bond acceptors (Lipinski definition) is 3. The van der Waals surface area contributed by atoms with E-state index < -0.39 is 6.04 Å². The Morgan fingerprint density at radius 3 is 3.05 bits per heavy atom. The van der Waals surface area contributed by atoms with Crippen molar-refractivity contribution in [2.45, 2.75) is 31.8 Å². The summed E-state index contributed by atoms with van der Waals surface area (Å²) < 4.78 is 0.970. The highest BCUT2D eigenvalue weighted by Crippen LogP contribution is 2.27. The lowest BCUT2D eigenvalue weighted by Crippen LogP contribution is -2.47. The number of halogens is 1. The molecule has 1 aromatic rings. The van der Waals surface area contributed by atoms with E-state index in [0.29, 0.717) is 6.54 Å². The molecule has 1 aliphatic heterocycles. The van der Waals surface area contributed by atoms with Crippen molar-refractivity contribution >= 4 is 27.5 Å². The third-order valence-electron chi connectivity index (χ3n) is 3.37. The fourth-order valence-electron chi connectivity index (χ4n) is 2.44. The number of hydrogen-bond donors (Lipinski definition) is 1. The number of carbonyl (C=O) groups is 1. The van der Waals surface area contributed by atoms with Gasteiger partial charge in [0.15, 0.2) is 0 Å². The van der Waals surface area contributed by atoms with Crippen molar-refractivity contribution in [1.82, 2.24) is 5.32 Å². The first kappa shape index (κ1) is 13.9. The first-order chi connectivity index (χ1) is 9.13. The number of anilines is 1. The SMILES string of the molecule is CC1CCNC(=O)C(CC#N)N1c1cccc(Br)c1. The molecule has 0 aromatic heterocycles. The van der Waals surface area contributed by atoms with Crippen molar-refractivity contribution in [2.24, 2.45) is 0 Å². The van der Waals surface area contributed by atoms with E-state index in [1.165, 1.54) is 0 Å². The highest BCUT2D eigenvalue weighted by molar-refractivity contribution is 9.10. The zero-order valence-corrected chi connectivity index (χ0v) is 12.4. The minimum atomic E-state index is -0.420. The number of rotatable bonds is 2. The largest absolute Gasteiger partial charge is 0.356 e. The lowest BCUT2D eigenvalue weighted by Gasteiger charge is -2.34. The maximum atomic E-state index is 12.1. The summed E-state index contributed by atoms with van der Waals surface area (Å²) in [6.45, 7) is 2.75. The second-order valence-corrected chi connectivity index (χ2v) is 5.61. The standard InChI is InChI=1S/C14H16BrN3O/c1-10-6-8-17-14(19)13(5-7-16)18(10)12-4-2-3-11(15)9-12/h2-4,9-10,13H,5-6,8H2,1H3,(H,17,19). The van der Waals surface area contributed by atoms with E-state index >= 15 is 0 Å². The van der Waals surface area contributed by atoms with E-state index in [9.17, 15) is 4.79 Å². The molecule has 1 aromatic carbocycles. The van der Waals surface area contributed by atoms with Gasteiger partial charge in [-0.3, -0.25) is 4.79 Å². The lowest BCUT2D eigenvalue weighted by molar-refractivity contribution is -0.122. The van der Waals surface area contributed by atoms with Gasteiger partial charge in [-0.05, 0) is 31.5 Å². The molecule has 5 heteroatoms. The van der Waals surface area contributed by atoms with Gasteiger partial charge in [-0.1, -0.05) is 22.0 Å². The number of nitrogens with one attached hydrogen (secondary N) is 1. The molecule has 1 amide bonds. The summed E-state index contributed by atoms with van der Waals surface area (Å²) in [6.07, 6.45) is 1.07. The summed E-state index contributed by atoms with van der Waals surface area (Å²) in [4.78, 5) is 14.2. The lowest BCUT2D eigenvalue weighted by atomic mass is 10.1. The van der Waals surface area contributed by atoms with E-state index in [-0.39, 0.29) is 18.4 Å². The van der Waals surface area contributed by atoms with Gasteiger partial charge in [0.2, 0.25) is 5.91 Å². The maximum Gasteiger partial charge on any atom is 0.243 e. The van der Waals surface area contributed by atoms with E-state index in [1.807, 2.05) is 24.3 Å². The number of nitriles is 1. The van der Waals surface area contributed by atoms with Gasteiger partial charge < -0.3 is 10.2 Å². The molecular weight excluding hydrogens is 306 g/mol. The number of carbonyl (C=O) groups excluding carboxylic acids is 1. The Bertz CT molecular complexity index is 512. The van der Waals surface area contributed by atoms with Crippen LogP contribution < -0.4 is 10.2 Å². The molecule has 0 bridgehead atoms. The van der Waals surface area contributed by atoms with E-state index in [2.05, 4.69) is 39.1 Å². The summed E-state index contributed by atoms with van der Waals surface area (Å²) in [7, 11) is 0. The van der Waals surface area contributed by atoms with Gasteiger partial charge in [0.25, 0.3) is 0 Å². The van der Waals surface area contributed by atoms with Gasteiger partial charge in [-0.2, -0.15) is 5.26 Å². The molecule has 2 rings (SSSR count). The quantitative estimate of drug-likeness (QED) is 0.910. The molecule has 4 nitrogen and oxygen atoms in total. The van der Waals surface area contributed by atoms with E-state index in [0.717, 1.165) is 16.6 Å². The fraction of sp³-hybridized carbons (Fsp3) is 0.429. The van der Waals surface area contributed by atoms with Crippen molar-refractivity contribution in [3.63, 3.8) is 0 Å². The minimum absolute atomic E-state index is 0.0640. The Morgan fingerprint density at radius 1 is 1.58 bits per heavy atom. The van der Waals surface area contributed by atoms with Gasteiger partial charge in [0, 0.05) is 22.7 Å². The smallest absolute Gasteiger partial charge is 0.243 e. The summed E-state index contributed by atoms with van der Waals surface area (Å²) in [6, 6.07) is 9.77. The van der Waals surface area contributed by atoms with Gasteiger partial charge in [0.1, 0.15) is 6.04 Å². The van der Waals surface area contributed by atoms with Crippen LogP contribution in [0.3, 0.4) is 0 Å². The molecule has 100 valence electrons. The number of nitrogens with zero attached hydrogens (tertiary/aromatic N) is 2. The van der Waals surface area contributed by atoms with Crippen LogP contribution in [0.25, 0.3) is 0 Å². The van der Waals surface area contributed by atoms with Crippen LogP contribution >= 0.6 is 15.9 Å². The highest BCUT2D eigenvalue weighted by atomic mass is 79.9. The van der Waals surface area contributed by atoms with Crippen LogP contribution in [-0.4, -0.2) is 24.5 Å². The predicted molar refractivity (Wildman–Crippen MR) is 77.7 cm³/mol. The van der Waals surface area contributed by atoms with Gasteiger partial charge in [-0.15, -0.1) is 0 Å². The molecule has 2 atom stereocenters. The molecule has 0 spiro atoms. The van der Waals surface area contributed by atoms with Crippen LogP contribution in [0.2, 0.25) is 0 Å². The van der Waals surface area contributed by atoms with Crippen LogP contribution in [0.4, 0.5) is 5.69 Å². The van der Waals surface area contributed by atoms with Crippen molar-refractivity contribution < 1.29 is 4.79 Å². The normalized spacial score (nSPS) is 23.4. The second kappa shape index (κ2) is 6.07. The molecule has 0 radical (unpaired) electrons. The van der Waals surface area contributed by atoms with E-state index in [1.54, 1.807) is 0 Å². The molecule has 2 unspecified atom stereocenters. The van der Waals surface area contributed by atoms with Crippen LogP contribution in [0.15, 0.2) is 28.7 Å². The van der Waals surface area contributed by atoms with Crippen LogP contribution in [-0.2, 0) is 4.79 Å². The topological polar surface area (TPSA) is 56.1 Å². The van der Waals surface area contributed by atoms with Crippen molar-refractivity contribution in [3.05, 3.63) is 28.7 Å². The highest BCUT2D eigenvalue weighted by Gasteiger charge is 2.32. The number of amides is 1. The monoisotopic (exact) mass is 321 g/mol. The Hall–Kier alpha value is -1.54. The van der Waals surface area contributed by atoms with Crippen LogP contribution in [0, 0.1) is 11.3 Å². The average molecular weight is 322 g/mol. The zero-order valence-electron chi connectivity index (χ0n) is 10.8. The van der Waals surface area contributed by atoms with Crippen molar-refractivity contribution in [3.8, 4) is 6.07 Å². The minimum Gasteiger partial charge on any atom is -0.356 e. The molecular formula is C14H16BrN3O. The first-order valence-corrected chi connectivity index (χ1v) is 7.11. The maximum absolute atomic E-state index is 12.1. The molecule has 19 heavy (non-hydrogen) atoms. The fourth-order valence-corrected chi connectivity index (χ4v) is 2.83. The molecule has 0 saturated carbocycles. The Kier molecular flexibility index (Phi) is 4.43. The Labute approximate surface area is 121 Å². The van der Waals surface area contributed by atoms with Gasteiger partial charge in [0.05, 0.1) is 12.5 Å². The van der Waals surface area contributed by atoms with Crippen LogP contribution in [0.5, 0.6) is 0 Å². The molecule has 1 N–H and O–H groups in total. The molecule has 1 fully saturated rings. The predicted octanol–water partition coefficient (Wildman–Crippen LogP) is 2.45. The van der Waals surface area contributed by atoms with Crippen molar-refractivity contribution in [1.29, 1.82) is 5.26 Å². The van der Waals surface area contributed by atoms with Gasteiger partial charge in [-0.25, -0.2) is 0 Å². The third-order valence-corrected chi connectivity index (χ3v) is 3.86. The zero-order chi connectivity index (χ0) is 13.8. The summed E-state index contributed by atoms with van der Waals surface area (Å²) in [5, 5.41) is 11.8. The van der Waals surface area contributed by atoms with E-state index in [4.69, 9.17) is 5.26 Å². The summed E-state index contributed by atoms with van der Waals surface area (Å²) in [5.74, 6) is -0.0640. The Morgan fingerprint density at radius 2 is 2.37 bits per heavy atom. The third kappa shape index (κ3) is 3.07. The summed E-state index contributed by atoms with van der Waals surface area (Å²) in [5.41, 5.74) is 0.971. The van der Waals surface area contributed by atoms with Crippen molar-refractivity contribution in [2.75, 3.05) is 11.4 Å². The summed E-state index contributed by atoms with van der Waals surface area (Å²) >= 11 is 3.45. The average Bonchev–Trinajstić information content (AvgIpc) is 2.50. The number of benzene rings is 1.